The van der Waals surface area contributed by atoms with Crippen LogP contribution in [0.25, 0.3) is 0 Å². The topological polar surface area (TPSA) is 69.3 Å². The summed E-state index contributed by atoms with van der Waals surface area (Å²) in [5.74, 6) is 0.618. The number of ether oxygens (including phenoxy) is 1. The zero-order valence-corrected chi connectivity index (χ0v) is 16.8. The Morgan fingerprint density at radius 2 is 1.96 bits per heavy atom. The Morgan fingerprint density at radius 3 is 2.59 bits per heavy atom. The molecule has 0 atom stereocenters. The highest BCUT2D eigenvalue weighted by Crippen LogP contribution is 2.36. The Bertz CT molecular complexity index is 958. The fourth-order valence-electron chi connectivity index (χ4n) is 2.37. The first-order chi connectivity index (χ1) is 12.8. The molecule has 0 spiro atoms. The summed E-state index contributed by atoms with van der Waals surface area (Å²) < 4.78 is 12.9. The van der Waals surface area contributed by atoms with Crippen LogP contribution in [0.2, 0.25) is 15.1 Å². The lowest BCUT2D eigenvalue weighted by atomic mass is 10.2. The van der Waals surface area contributed by atoms with Crippen molar-refractivity contribution in [3.05, 3.63) is 68.3 Å². The minimum atomic E-state index is -0.327. The first kappa shape index (κ1) is 19.6. The Kier molecular flexibility index (Phi) is 5.99. The molecule has 9 heteroatoms. The number of hydrogen-bond donors (Lipinski definition) is 1. The van der Waals surface area contributed by atoms with Gasteiger partial charge in [-0.1, -0.05) is 34.8 Å². The number of carbonyl (C=O) groups excluding carboxylic acids is 1. The molecule has 0 unspecified atom stereocenters. The highest BCUT2D eigenvalue weighted by molar-refractivity contribution is 6.40. The lowest BCUT2D eigenvalue weighted by Gasteiger charge is -2.09. The molecule has 0 aliphatic rings. The van der Waals surface area contributed by atoms with Crippen LogP contribution in [0.5, 0.6) is 5.75 Å². The van der Waals surface area contributed by atoms with Crippen molar-refractivity contribution in [3.8, 4) is 5.75 Å². The first-order valence-corrected chi connectivity index (χ1v) is 9.10. The molecule has 0 saturated heterocycles. The van der Waals surface area contributed by atoms with E-state index >= 15 is 0 Å². The van der Waals surface area contributed by atoms with Gasteiger partial charge >= 0.3 is 0 Å². The van der Waals surface area contributed by atoms with Gasteiger partial charge in [0, 0.05) is 29.9 Å². The van der Waals surface area contributed by atoms with Crippen LogP contribution in [0.15, 0.2) is 34.9 Å². The summed E-state index contributed by atoms with van der Waals surface area (Å²) in [6, 6.07) is 6.30. The molecule has 142 valence electrons. The summed E-state index contributed by atoms with van der Waals surface area (Å²) in [4.78, 5) is 12.2. The van der Waals surface area contributed by atoms with E-state index in [1.807, 2.05) is 14.0 Å². The van der Waals surface area contributed by atoms with E-state index in [-0.39, 0.29) is 18.3 Å². The molecule has 2 aromatic heterocycles. The fourth-order valence-corrected chi connectivity index (χ4v) is 3.29. The smallest absolute Gasteiger partial charge is 0.287 e. The van der Waals surface area contributed by atoms with Crippen molar-refractivity contribution in [2.24, 2.45) is 7.05 Å². The fraction of sp³-hybridized carbons (Fsp3) is 0.222. The van der Waals surface area contributed by atoms with Gasteiger partial charge in [-0.3, -0.25) is 9.48 Å². The molecule has 27 heavy (non-hydrogen) atoms. The summed E-state index contributed by atoms with van der Waals surface area (Å²) in [6.07, 6.45) is 1.72. The first-order valence-electron chi connectivity index (χ1n) is 7.97. The lowest BCUT2D eigenvalue weighted by Crippen LogP contribution is -2.22. The van der Waals surface area contributed by atoms with Gasteiger partial charge in [-0.05, 0) is 31.2 Å². The molecule has 1 aromatic carbocycles. The van der Waals surface area contributed by atoms with E-state index in [0.29, 0.717) is 33.1 Å². The molecule has 1 N–H and O–H groups in total. The number of furan rings is 1. The third-order valence-corrected chi connectivity index (χ3v) is 4.76. The van der Waals surface area contributed by atoms with E-state index in [2.05, 4.69) is 10.4 Å². The van der Waals surface area contributed by atoms with Crippen LogP contribution in [0.1, 0.15) is 27.6 Å². The Labute approximate surface area is 171 Å². The highest BCUT2D eigenvalue weighted by Gasteiger charge is 2.14. The van der Waals surface area contributed by atoms with Crippen LogP contribution in [0.4, 0.5) is 0 Å². The standard InChI is InChI=1S/C18H16Cl3N3O3/c1-10-11(8-23-24(10)2)7-22-18(25)16-4-3-13(27-16)9-26-17-14(20)5-12(19)6-15(17)21/h3-6,8H,7,9H2,1-2H3,(H,22,25). The maximum absolute atomic E-state index is 12.2. The van der Waals surface area contributed by atoms with Crippen LogP contribution in [0.3, 0.4) is 0 Å². The summed E-state index contributed by atoms with van der Waals surface area (Å²) in [7, 11) is 1.85. The van der Waals surface area contributed by atoms with Crippen molar-refractivity contribution < 1.29 is 13.9 Å². The van der Waals surface area contributed by atoms with E-state index in [1.54, 1.807) is 23.0 Å². The largest absolute Gasteiger partial charge is 0.483 e. The number of halogens is 3. The SMILES string of the molecule is Cc1c(CNC(=O)c2ccc(COc3c(Cl)cc(Cl)cc3Cl)o2)cnn1C. The molecule has 0 radical (unpaired) electrons. The minimum Gasteiger partial charge on any atom is -0.483 e. The van der Waals surface area contributed by atoms with Gasteiger partial charge in [-0.15, -0.1) is 0 Å². The molecule has 0 aliphatic carbocycles. The maximum atomic E-state index is 12.2. The van der Waals surface area contributed by atoms with Gasteiger partial charge in [-0.2, -0.15) is 5.10 Å². The predicted molar refractivity (Wildman–Crippen MR) is 104 cm³/mol. The zero-order valence-electron chi connectivity index (χ0n) is 14.6. The second kappa shape index (κ2) is 8.25. The molecule has 6 nitrogen and oxygen atoms in total. The predicted octanol–water partition coefficient (Wildman–Crippen LogP) is 4.79. The van der Waals surface area contributed by atoms with Gasteiger partial charge in [0.05, 0.1) is 16.2 Å². The van der Waals surface area contributed by atoms with Crippen LogP contribution < -0.4 is 10.1 Å². The molecular formula is C18H16Cl3N3O3. The second-order valence-electron chi connectivity index (χ2n) is 5.81. The monoisotopic (exact) mass is 427 g/mol. The second-order valence-corrected chi connectivity index (χ2v) is 7.07. The number of nitrogens with one attached hydrogen (secondary N) is 1. The lowest BCUT2D eigenvalue weighted by molar-refractivity contribution is 0.0919. The van der Waals surface area contributed by atoms with Crippen LogP contribution in [0, 0.1) is 6.92 Å². The summed E-state index contributed by atoms with van der Waals surface area (Å²) in [5, 5.41) is 7.94. The Hall–Kier alpha value is -2.15. The average Bonchev–Trinajstić information content (AvgIpc) is 3.20. The third-order valence-electron chi connectivity index (χ3n) is 3.98. The molecule has 0 bridgehead atoms. The van der Waals surface area contributed by atoms with Crippen LogP contribution >= 0.6 is 34.8 Å². The van der Waals surface area contributed by atoms with E-state index in [0.717, 1.165) is 11.3 Å². The van der Waals surface area contributed by atoms with Crippen molar-refractivity contribution in [2.45, 2.75) is 20.1 Å². The number of aryl methyl sites for hydroxylation is 1. The quantitative estimate of drug-likeness (QED) is 0.613. The molecular weight excluding hydrogens is 413 g/mol. The van der Waals surface area contributed by atoms with E-state index in [4.69, 9.17) is 44.0 Å². The normalized spacial score (nSPS) is 10.9. The van der Waals surface area contributed by atoms with Crippen molar-refractivity contribution in [1.29, 1.82) is 0 Å². The van der Waals surface area contributed by atoms with E-state index in [9.17, 15) is 4.79 Å². The zero-order chi connectivity index (χ0) is 19.6. The minimum absolute atomic E-state index is 0.0655. The molecule has 3 rings (SSSR count). The number of nitrogens with zero attached hydrogens (tertiary/aromatic N) is 2. The molecule has 0 saturated carbocycles. The van der Waals surface area contributed by atoms with Crippen LogP contribution in [-0.4, -0.2) is 15.7 Å². The van der Waals surface area contributed by atoms with Crippen molar-refractivity contribution in [1.82, 2.24) is 15.1 Å². The Morgan fingerprint density at radius 1 is 1.26 bits per heavy atom. The van der Waals surface area contributed by atoms with Crippen molar-refractivity contribution in [2.75, 3.05) is 0 Å². The molecule has 3 aromatic rings. The number of benzene rings is 1. The third kappa shape index (κ3) is 4.58. The number of amides is 1. The number of hydrogen-bond acceptors (Lipinski definition) is 4. The van der Waals surface area contributed by atoms with Gasteiger partial charge in [0.25, 0.3) is 5.91 Å². The molecule has 2 heterocycles. The Balaban J connectivity index is 1.59. The summed E-state index contributed by atoms with van der Waals surface area (Å²) >= 11 is 18.0. The average molecular weight is 429 g/mol. The molecule has 0 fully saturated rings. The number of rotatable bonds is 6. The highest BCUT2D eigenvalue weighted by atomic mass is 35.5. The molecule has 0 aliphatic heterocycles. The number of aromatic nitrogens is 2. The summed E-state index contributed by atoms with van der Waals surface area (Å²) in [6.45, 7) is 2.36. The van der Waals surface area contributed by atoms with Gasteiger partial charge in [-0.25, -0.2) is 0 Å². The maximum Gasteiger partial charge on any atom is 0.287 e. The summed E-state index contributed by atoms with van der Waals surface area (Å²) in [5.41, 5.74) is 1.92. The van der Waals surface area contributed by atoms with Gasteiger partial charge in [0.1, 0.15) is 12.4 Å². The van der Waals surface area contributed by atoms with Crippen LogP contribution in [-0.2, 0) is 20.2 Å². The van der Waals surface area contributed by atoms with Gasteiger partial charge < -0.3 is 14.5 Å². The van der Waals surface area contributed by atoms with Gasteiger partial charge in [0.2, 0.25) is 0 Å². The van der Waals surface area contributed by atoms with Gasteiger partial charge in [0.15, 0.2) is 11.5 Å². The molecule has 1 amide bonds. The van der Waals surface area contributed by atoms with E-state index in [1.165, 1.54) is 12.1 Å². The van der Waals surface area contributed by atoms with Crippen molar-refractivity contribution in [3.63, 3.8) is 0 Å². The van der Waals surface area contributed by atoms with Crippen molar-refractivity contribution >= 4 is 40.7 Å². The van der Waals surface area contributed by atoms with E-state index < -0.39 is 0 Å². The number of carbonyl (C=O) groups is 1.